The van der Waals surface area contributed by atoms with E-state index in [0.717, 1.165) is 42.5 Å². The van der Waals surface area contributed by atoms with Gasteiger partial charge in [-0.25, -0.2) is 0 Å². The van der Waals surface area contributed by atoms with Crippen LogP contribution in [0.15, 0.2) is 23.1 Å². The molecule has 1 aliphatic carbocycles. The quantitative estimate of drug-likeness (QED) is 0.825. The number of nitrogens with one attached hydrogen (secondary N) is 2. The van der Waals surface area contributed by atoms with Gasteiger partial charge in [-0.2, -0.15) is 13.2 Å². The van der Waals surface area contributed by atoms with E-state index >= 15 is 0 Å². The van der Waals surface area contributed by atoms with Gasteiger partial charge in [-0.15, -0.1) is 11.3 Å². The Bertz CT molecular complexity index is 814. The number of fused-ring (bicyclic) bond motifs is 1. The molecule has 0 spiro atoms. The van der Waals surface area contributed by atoms with Gasteiger partial charge in [0.2, 0.25) is 0 Å². The third kappa shape index (κ3) is 4.12. The van der Waals surface area contributed by atoms with E-state index in [2.05, 4.69) is 5.32 Å². The van der Waals surface area contributed by atoms with E-state index in [1.54, 1.807) is 6.07 Å². The molecule has 25 heavy (non-hydrogen) atoms. The lowest BCUT2D eigenvalue weighted by Crippen LogP contribution is -2.21. The molecule has 2 heterocycles. The predicted molar refractivity (Wildman–Crippen MR) is 90.2 cm³/mol. The van der Waals surface area contributed by atoms with E-state index in [-0.39, 0.29) is 0 Å². The number of hydrogen-bond donors (Lipinski definition) is 2. The molecule has 1 aliphatic rings. The molecule has 2 aromatic heterocycles. The molecule has 1 amide bonds. The smallest absolute Gasteiger partial charge is 0.327 e. The van der Waals surface area contributed by atoms with Crippen LogP contribution < -0.4 is 10.9 Å². The molecule has 0 unspecified atom stereocenters. The number of carbonyl (C=O) groups is 1. The number of alkyl halides is 3. The topological polar surface area (TPSA) is 62.0 Å². The SMILES string of the molecule is O=C(Nc1cc(C(F)(F)F)c[nH]c1=O)c1cc2c(s1)CCCCCC2. The van der Waals surface area contributed by atoms with E-state index in [4.69, 9.17) is 0 Å². The van der Waals surface area contributed by atoms with Crippen LogP contribution in [0.4, 0.5) is 18.9 Å². The summed E-state index contributed by atoms with van der Waals surface area (Å²) in [5.74, 6) is -0.554. The van der Waals surface area contributed by atoms with E-state index in [9.17, 15) is 22.8 Å². The third-order valence-electron chi connectivity index (χ3n) is 4.20. The van der Waals surface area contributed by atoms with E-state index in [1.165, 1.54) is 17.8 Å². The first kappa shape index (κ1) is 17.7. The van der Waals surface area contributed by atoms with Gasteiger partial charge in [-0.05, 0) is 43.4 Å². The Morgan fingerprint density at radius 2 is 1.84 bits per heavy atom. The van der Waals surface area contributed by atoms with Crippen LogP contribution in [-0.4, -0.2) is 10.9 Å². The maximum atomic E-state index is 12.8. The van der Waals surface area contributed by atoms with Crippen LogP contribution in [0.3, 0.4) is 0 Å². The fourth-order valence-electron chi connectivity index (χ4n) is 2.88. The van der Waals surface area contributed by atoms with Gasteiger partial charge in [0.1, 0.15) is 5.69 Å². The van der Waals surface area contributed by atoms with Crippen molar-refractivity contribution in [2.24, 2.45) is 0 Å². The number of halogens is 3. The molecule has 0 radical (unpaired) electrons. The highest BCUT2D eigenvalue weighted by atomic mass is 32.1. The summed E-state index contributed by atoms with van der Waals surface area (Å²) in [5, 5.41) is 2.31. The lowest BCUT2D eigenvalue weighted by atomic mass is 10.00. The largest absolute Gasteiger partial charge is 0.417 e. The van der Waals surface area contributed by atoms with Crippen LogP contribution in [0, 0.1) is 0 Å². The Labute approximate surface area is 146 Å². The Hall–Kier alpha value is -2.09. The maximum Gasteiger partial charge on any atom is 0.417 e. The van der Waals surface area contributed by atoms with Crippen molar-refractivity contribution < 1.29 is 18.0 Å². The Balaban J connectivity index is 1.83. The van der Waals surface area contributed by atoms with Gasteiger partial charge in [-0.3, -0.25) is 9.59 Å². The zero-order valence-electron chi connectivity index (χ0n) is 13.3. The minimum atomic E-state index is -4.60. The van der Waals surface area contributed by atoms with Gasteiger partial charge < -0.3 is 10.3 Å². The van der Waals surface area contributed by atoms with E-state index < -0.39 is 28.9 Å². The summed E-state index contributed by atoms with van der Waals surface area (Å²) in [4.78, 5) is 27.7. The molecule has 0 aromatic carbocycles. The molecule has 8 heteroatoms. The molecule has 2 aromatic rings. The molecule has 0 saturated carbocycles. The summed E-state index contributed by atoms with van der Waals surface area (Å²) in [6.07, 6.45) is 2.28. The lowest BCUT2D eigenvalue weighted by molar-refractivity contribution is -0.137. The van der Waals surface area contributed by atoms with Gasteiger partial charge in [-0.1, -0.05) is 12.8 Å². The molecule has 3 rings (SSSR count). The molecule has 2 N–H and O–H groups in total. The van der Waals surface area contributed by atoms with Crippen LogP contribution in [0.25, 0.3) is 0 Å². The van der Waals surface area contributed by atoms with Crippen molar-refractivity contribution >= 4 is 22.9 Å². The summed E-state index contributed by atoms with van der Waals surface area (Å²) in [7, 11) is 0. The van der Waals surface area contributed by atoms with Crippen molar-refractivity contribution in [1.82, 2.24) is 4.98 Å². The normalized spacial score (nSPS) is 15.2. The Morgan fingerprint density at radius 3 is 2.56 bits per heavy atom. The minimum Gasteiger partial charge on any atom is -0.327 e. The number of anilines is 1. The Morgan fingerprint density at radius 1 is 1.12 bits per heavy atom. The number of rotatable bonds is 2. The second-order valence-corrected chi connectivity index (χ2v) is 7.19. The fraction of sp³-hybridized carbons (Fsp3) is 0.412. The molecule has 4 nitrogen and oxygen atoms in total. The number of thiophene rings is 1. The van der Waals surface area contributed by atoms with Crippen molar-refractivity contribution in [3.8, 4) is 0 Å². The van der Waals surface area contributed by atoms with E-state index in [0.29, 0.717) is 17.1 Å². The van der Waals surface area contributed by atoms with Crippen molar-refractivity contribution in [3.05, 3.63) is 49.6 Å². The fourth-order valence-corrected chi connectivity index (χ4v) is 4.03. The highest BCUT2D eigenvalue weighted by Crippen LogP contribution is 2.30. The highest BCUT2D eigenvalue weighted by molar-refractivity contribution is 7.14. The predicted octanol–water partition coefficient (Wildman–Crippen LogP) is 4.37. The first-order valence-electron chi connectivity index (χ1n) is 8.07. The Kier molecular flexibility index (Phi) is 4.99. The summed E-state index contributed by atoms with van der Waals surface area (Å²) >= 11 is 1.35. The highest BCUT2D eigenvalue weighted by Gasteiger charge is 2.31. The number of carbonyl (C=O) groups excluding carboxylic acids is 1. The zero-order chi connectivity index (χ0) is 18.0. The molecule has 0 atom stereocenters. The van der Waals surface area contributed by atoms with Gasteiger partial charge in [0.15, 0.2) is 0 Å². The number of hydrogen-bond acceptors (Lipinski definition) is 3. The van der Waals surface area contributed by atoms with Crippen LogP contribution in [0.5, 0.6) is 0 Å². The molecule has 134 valence electrons. The monoisotopic (exact) mass is 370 g/mol. The first-order valence-corrected chi connectivity index (χ1v) is 8.89. The van der Waals surface area contributed by atoms with Crippen LogP contribution in [0.2, 0.25) is 0 Å². The van der Waals surface area contributed by atoms with Gasteiger partial charge in [0.05, 0.1) is 10.4 Å². The lowest BCUT2D eigenvalue weighted by Gasteiger charge is -2.08. The molecular formula is C17H17F3N2O2S. The van der Waals surface area contributed by atoms with Crippen LogP contribution >= 0.6 is 11.3 Å². The molecule has 0 bridgehead atoms. The number of H-pyrrole nitrogens is 1. The molecule has 0 aliphatic heterocycles. The summed E-state index contributed by atoms with van der Waals surface area (Å²) in [5.41, 5.74) is -1.05. The van der Waals surface area contributed by atoms with Crippen molar-refractivity contribution in [3.63, 3.8) is 0 Å². The number of aromatic amines is 1. The number of pyridine rings is 1. The summed E-state index contributed by atoms with van der Waals surface area (Å²) in [6, 6.07) is 2.45. The summed E-state index contributed by atoms with van der Waals surface area (Å²) in [6.45, 7) is 0. The molecule has 0 fully saturated rings. The summed E-state index contributed by atoms with van der Waals surface area (Å²) < 4.78 is 38.3. The number of aryl methyl sites for hydroxylation is 2. The second-order valence-electron chi connectivity index (χ2n) is 6.06. The first-order chi connectivity index (χ1) is 11.8. The maximum absolute atomic E-state index is 12.8. The van der Waals surface area contributed by atoms with Crippen LogP contribution in [0.1, 0.15) is 51.4 Å². The van der Waals surface area contributed by atoms with Gasteiger partial charge in [0, 0.05) is 11.1 Å². The van der Waals surface area contributed by atoms with Gasteiger partial charge in [0.25, 0.3) is 11.5 Å². The van der Waals surface area contributed by atoms with Gasteiger partial charge >= 0.3 is 6.18 Å². The minimum absolute atomic E-state index is 0.402. The number of amides is 1. The van der Waals surface area contributed by atoms with Crippen molar-refractivity contribution in [2.75, 3.05) is 5.32 Å². The van der Waals surface area contributed by atoms with Crippen molar-refractivity contribution in [2.45, 2.75) is 44.7 Å². The zero-order valence-corrected chi connectivity index (χ0v) is 14.1. The van der Waals surface area contributed by atoms with Crippen LogP contribution in [-0.2, 0) is 19.0 Å². The average molecular weight is 370 g/mol. The number of aromatic nitrogens is 1. The standard InChI is InChI=1S/C17H17F3N2O2S/c18-17(19,20)11-8-12(15(23)21-9-11)22-16(24)14-7-10-5-3-1-2-4-6-13(10)25-14/h7-9H,1-6H2,(H,21,23)(H,22,24). The second kappa shape index (κ2) is 7.03. The average Bonchev–Trinajstić information content (AvgIpc) is 2.90. The molecule has 0 saturated heterocycles. The van der Waals surface area contributed by atoms with Crippen molar-refractivity contribution in [1.29, 1.82) is 0 Å². The van der Waals surface area contributed by atoms with E-state index in [1.807, 2.05) is 4.98 Å². The third-order valence-corrected chi connectivity index (χ3v) is 5.44. The molecular weight excluding hydrogens is 353 g/mol.